The fourth-order valence-corrected chi connectivity index (χ4v) is 0.354. The van der Waals surface area contributed by atoms with Crippen LogP contribution in [0.2, 0.25) is 0 Å². The molecule has 0 rings (SSSR count). The fourth-order valence-electron chi connectivity index (χ4n) is 0.277. The zero-order valence-electron chi connectivity index (χ0n) is 5.22. The van der Waals surface area contributed by atoms with Crippen molar-refractivity contribution in [3.8, 4) is 0 Å². The molecule has 0 unspecified atom stereocenters. The minimum Gasteiger partial charge on any atom is -0.460 e. The zero-order valence-corrected chi connectivity index (χ0v) is 5.97. The summed E-state index contributed by atoms with van der Waals surface area (Å²) in [5.41, 5.74) is 0. The number of carbonyl (C=O) groups excluding carboxylic acids is 3. The predicted octanol–water partition coefficient (Wildman–Crippen LogP) is -0.116. The van der Waals surface area contributed by atoms with Crippen LogP contribution in [0.25, 0.3) is 0 Å². The van der Waals surface area contributed by atoms with Gasteiger partial charge in [-0.1, -0.05) is 0 Å². The van der Waals surface area contributed by atoms with Crippen LogP contribution in [0.1, 0.15) is 6.92 Å². The first-order valence-electron chi connectivity index (χ1n) is 2.50. The first kappa shape index (κ1) is 9.10. The van der Waals surface area contributed by atoms with Crippen LogP contribution in [0.3, 0.4) is 0 Å². The van der Waals surface area contributed by atoms with E-state index in [1.54, 1.807) is 0 Å². The van der Waals surface area contributed by atoms with E-state index < -0.39 is 17.0 Å². The SMILES string of the molecule is CCOC(=O)C(=O)C(=O)Cl. The van der Waals surface area contributed by atoms with Crippen molar-refractivity contribution >= 4 is 28.6 Å². The number of carbonyl (C=O) groups is 3. The van der Waals surface area contributed by atoms with E-state index in [4.69, 9.17) is 0 Å². The summed E-state index contributed by atoms with van der Waals surface area (Å²) in [5.74, 6) is -2.54. The second-order valence-electron chi connectivity index (χ2n) is 1.32. The summed E-state index contributed by atoms with van der Waals surface area (Å²) >= 11 is 4.67. The molecule has 0 aliphatic carbocycles. The molecule has 0 fully saturated rings. The van der Waals surface area contributed by atoms with Gasteiger partial charge in [0.2, 0.25) is 0 Å². The van der Waals surface area contributed by atoms with E-state index >= 15 is 0 Å². The molecule has 0 aromatic rings. The lowest BCUT2D eigenvalue weighted by Crippen LogP contribution is -2.22. The highest BCUT2D eigenvalue weighted by atomic mass is 35.5. The van der Waals surface area contributed by atoms with Crippen LogP contribution in [0.5, 0.6) is 0 Å². The van der Waals surface area contributed by atoms with Crippen LogP contribution in [-0.2, 0) is 19.1 Å². The van der Waals surface area contributed by atoms with Crippen LogP contribution in [0.4, 0.5) is 0 Å². The zero-order chi connectivity index (χ0) is 8.15. The standard InChI is InChI=1S/C5H5ClO4/c1-2-10-5(9)3(7)4(6)8/h2H2,1H3. The molecule has 0 aromatic heterocycles. The van der Waals surface area contributed by atoms with Crippen LogP contribution in [0.15, 0.2) is 0 Å². The van der Waals surface area contributed by atoms with Gasteiger partial charge < -0.3 is 4.74 Å². The van der Waals surface area contributed by atoms with E-state index in [1.165, 1.54) is 6.92 Å². The number of Topliss-reactive ketones (excluding diaryl/α,β-unsaturated/α-hetero) is 1. The Bertz CT molecular complexity index is 174. The Labute approximate surface area is 62.1 Å². The van der Waals surface area contributed by atoms with Gasteiger partial charge in [0.05, 0.1) is 6.61 Å². The quantitative estimate of drug-likeness (QED) is 0.253. The molecule has 0 saturated carbocycles. The monoisotopic (exact) mass is 164 g/mol. The van der Waals surface area contributed by atoms with Crippen molar-refractivity contribution in [3.63, 3.8) is 0 Å². The molecule has 0 saturated heterocycles. The highest BCUT2D eigenvalue weighted by Gasteiger charge is 2.21. The Hall–Kier alpha value is -0.900. The van der Waals surface area contributed by atoms with Crippen LogP contribution < -0.4 is 0 Å². The van der Waals surface area contributed by atoms with Crippen LogP contribution in [-0.4, -0.2) is 23.6 Å². The summed E-state index contributed by atoms with van der Waals surface area (Å²) in [6.07, 6.45) is 0. The van der Waals surface area contributed by atoms with Crippen molar-refractivity contribution in [1.82, 2.24) is 0 Å². The number of halogens is 1. The predicted molar refractivity (Wildman–Crippen MR) is 32.5 cm³/mol. The Morgan fingerprint density at radius 2 is 1.90 bits per heavy atom. The molecule has 0 heterocycles. The smallest absolute Gasteiger partial charge is 0.384 e. The number of ether oxygens (including phenoxy) is 1. The highest BCUT2D eigenvalue weighted by molar-refractivity contribution is 6.89. The van der Waals surface area contributed by atoms with Crippen molar-refractivity contribution in [2.75, 3.05) is 6.61 Å². The molecule has 0 aliphatic heterocycles. The third kappa shape index (κ3) is 2.59. The maximum Gasteiger partial charge on any atom is 0.384 e. The van der Waals surface area contributed by atoms with Gasteiger partial charge in [-0.05, 0) is 18.5 Å². The lowest BCUT2D eigenvalue weighted by Gasteiger charge is -1.94. The van der Waals surface area contributed by atoms with Crippen molar-refractivity contribution < 1.29 is 19.1 Å². The maximum atomic E-state index is 10.3. The van der Waals surface area contributed by atoms with E-state index in [0.29, 0.717) is 0 Å². The first-order chi connectivity index (χ1) is 4.59. The molecule has 0 N–H and O–H groups in total. The summed E-state index contributed by atoms with van der Waals surface area (Å²) < 4.78 is 4.17. The molecule has 0 radical (unpaired) electrons. The third-order valence-electron chi connectivity index (χ3n) is 0.639. The number of hydrogen-bond donors (Lipinski definition) is 0. The van der Waals surface area contributed by atoms with Gasteiger partial charge in [-0.25, -0.2) is 4.79 Å². The van der Waals surface area contributed by atoms with Gasteiger partial charge in [0, 0.05) is 0 Å². The number of hydrogen-bond acceptors (Lipinski definition) is 4. The molecule has 5 heteroatoms. The topological polar surface area (TPSA) is 60.4 Å². The van der Waals surface area contributed by atoms with E-state index in [1.807, 2.05) is 0 Å². The Morgan fingerprint density at radius 1 is 1.40 bits per heavy atom. The van der Waals surface area contributed by atoms with Gasteiger partial charge in [0.1, 0.15) is 0 Å². The van der Waals surface area contributed by atoms with Crippen molar-refractivity contribution in [2.24, 2.45) is 0 Å². The first-order valence-corrected chi connectivity index (χ1v) is 2.88. The summed E-state index contributed by atoms with van der Waals surface area (Å²) in [5, 5.41) is -1.32. The Balaban J connectivity index is 3.96. The number of ketones is 1. The molecular weight excluding hydrogens is 160 g/mol. The lowest BCUT2D eigenvalue weighted by atomic mass is 10.4. The van der Waals surface area contributed by atoms with Crippen LogP contribution in [0, 0.1) is 0 Å². The minimum atomic E-state index is -1.33. The maximum absolute atomic E-state index is 10.3. The van der Waals surface area contributed by atoms with Gasteiger partial charge in [-0.15, -0.1) is 0 Å². The highest BCUT2D eigenvalue weighted by Crippen LogP contribution is 1.86. The summed E-state index contributed by atoms with van der Waals surface area (Å²) in [4.78, 5) is 30.6. The fraction of sp³-hybridized carbons (Fsp3) is 0.400. The molecule has 0 amide bonds. The molecular formula is C5H5ClO4. The molecule has 0 aliphatic rings. The molecule has 0 atom stereocenters. The molecule has 0 aromatic carbocycles. The van der Waals surface area contributed by atoms with Gasteiger partial charge in [0.25, 0.3) is 5.24 Å². The molecule has 4 nitrogen and oxygen atoms in total. The molecule has 10 heavy (non-hydrogen) atoms. The lowest BCUT2D eigenvalue weighted by molar-refractivity contribution is -0.155. The van der Waals surface area contributed by atoms with Gasteiger partial charge in [-0.3, -0.25) is 9.59 Å². The third-order valence-corrected chi connectivity index (χ3v) is 0.811. The van der Waals surface area contributed by atoms with Gasteiger partial charge in [0.15, 0.2) is 0 Å². The second-order valence-corrected chi connectivity index (χ2v) is 1.67. The molecule has 0 bridgehead atoms. The van der Waals surface area contributed by atoms with E-state index in [-0.39, 0.29) is 6.61 Å². The Morgan fingerprint density at radius 3 is 2.20 bits per heavy atom. The van der Waals surface area contributed by atoms with Crippen molar-refractivity contribution in [1.29, 1.82) is 0 Å². The van der Waals surface area contributed by atoms with Crippen molar-refractivity contribution in [2.45, 2.75) is 6.92 Å². The van der Waals surface area contributed by atoms with Gasteiger partial charge >= 0.3 is 11.8 Å². The van der Waals surface area contributed by atoms with E-state index in [2.05, 4.69) is 16.3 Å². The molecule has 56 valence electrons. The summed E-state index contributed by atoms with van der Waals surface area (Å²) in [6.45, 7) is 1.57. The molecule has 0 spiro atoms. The normalized spacial score (nSPS) is 8.60. The van der Waals surface area contributed by atoms with Crippen molar-refractivity contribution in [3.05, 3.63) is 0 Å². The van der Waals surface area contributed by atoms with Gasteiger partial charge in [-0.2, -0.15) is 0 Å². The summed E-state index contributed by atoms with van der Waals surface area (Å²) in [7, 11) is 0. The second kappa shape index (κ2) is 4.00. The largest absolute Gasteiger partial charge is 0.460 e. The average Bonchev–Trinajstić information content (AvgIpc) is 1.87. The number of esters is 1. The van der Waals surface area contributed by atoms with E-state index in [9.17, 15) is 14.4 Å². The average molecular weight is 165 g/mol. The van der Waals surface area contributed by atoms with E-state index in [0.717, 1.165) is 0 Å². The summed E-state index contributed by atoms with van der Waals surface area (Å²) in [6, 6.07) is 0. The number of rotatable bonds is 3. The Kier molecular flexibility index (Phi) is 3.64. The minimum absolute atomic E-state index is 0.0503. The van der Waals surface area contributed by atoms with Crippen LogP contribution >= 0.6 is 11.6 Å².